The molecule has 3 nitrogen and oxygen atoms in total. The quantitative estimate of drug-likeness (QED) is 0.860. The van der Waals surface area contributed by atoms with Crippen molar-refractivity contribution in [2.45, 2.75) is 38.3 Å². The second kappa shape index (κ2) is 7.43. The second-order valence-corrected chi connectivity index (χ2v) is 6.19. The van der Waals surface area contributed by atoms with Gasteiger partial charge in [0.2, 0.25) is 0 Å². The summed E-state index contributed by atoms with van der Waals surface area (Å²) in [5, 5.41) is 3.48. The Morgan fingerprint density at radius 1 is 1.50 bits per heavy atom. The highest BCUT2D eigenvalue weighted by Crippen LogP contribution is 2.30. The lowest BCUT2D eigenvalue weighted by molar-refractivity contribution is 0.0783. The molecule has 3 atom stereocenters. The minimum atomic E-state index is 0.397. The zero-order valence-electron chi connectivity index (χ0n) is 12.5. The molecular weight excluding hydrogens is 318 g/mol. The van der Waals surface area contributed by atoms with E-state index in [1.165, 1.54) is 5.56 Å². The summed E-state index contributed by atoms with van der Waals surface area (Å²) in [6.45, 7) is 3.10. The van der Waals surface area contributed by atoms with Crippen LogP contribution in [-0.2, 0) is 11.2 Å². The largest absolute Gasteiger partial charge is 0.496 e. The van der Waals surface area contributed by atoms with Crippen LogP contribution in [0.4, 0.5) is 0 Å². The van der Waals surface area contributed by atoms with Crippen LogP contribution >= 0.6 is 15.9 Å². The molecule has 3 unspecified atom stereocenters. The van der Waals surface area contributed by atoms with Gasteiger partial charge in [0.1, 0.15) is 5.75 Å². The van der Waals surface area contributed by atoms with Crippen LogP contribution < -0.4 is 10.1 Å². The van der Waals surface area contributed by atoms with E-state index < -0.39 is 0 Å². The van der Waals surface area contributed by atoms with Gasteiger partial charge in [0.15, 0.2) is 0 Å². The van der Waals surface area contributed by atoms with Crippen LogP contribution in [0, 0.1) is 5.92 Å². The van der Waals surface area contributed by atoms with Crippen LogP contribution in [0.2, 0.25) is 0 Å². The third kappa shape index (κ3) is 3.54. The Kier molecular flexibility index (Phi) is 5.87. The van der Waals surface area contributed by atoms with Gasteiger partial charge >= 0.3 is 0 Å². The third-order valence-corrected chi connectivity index (χ3v) is 4.84. The van der Waals surface area contributed by atoms with Crippen molar-refractivity contribution in [1.29, 1.82) is 0 Å². The van der Waals surface area contributed by atoms with E-state index in [0.29, 0.717) is 18.1 Å². The molecule has 4 heteroatoms. The molecule has 0 amide bonds. The standard InChI is InChI=1S/C16H24BrNO2/c1-4-15-12(7-8-20-15)14(18-2)10-11-5-6-16(19-3)13(17)9-11/h5-6,9,12,14-15,18H,4,7-8,10H2,1-3H3. The molecule has 20 heavy (non-hydrogen) atoms. The average molecular weight is 342 g/mol. The number of halogens is 1. The number of rotatable bonds is 6. The van der Waals surface area contributed by atoms with Gasteiger partial charge in [0.05, 0.1) is 17.7 Å². The first kappa shape index (κ1) is 15.8. The zero-order chi connectivity index (χ0) is 14.5. The fourth-order valence-electron chi connectivity index (χ4n) is 3.10. The van der Waals surface area contributed by atoms with Crippen LogP contribution in [0.15, 0.2) is 22.7 Å². The molecular formula is C16H24BrNO2. The third-order valence-electron chi connectivity index (χ3n) is 4.22. The lowest BCUT2D eigenvalue weighted by atomic mass is 9.87. The Hall–Kier alpha value is -0.580. The van der Waals surface area contributed by atoms with Gasteiger partial charge in [-0.15, -0.1) is 0 Å². The van der Waals surface area contributed by atoms with Crippen molar-refractivity contribution in [2.75, 3.05) is 20.8 Å². The summed E-state index contributed by atoms with van der Waals surface area (Å²) < 4.78 is 12.1. The maximum absolute atomic E-state index is 5.83. The van der Waals surface area contributed by atoms with Gasteiger partial charge in [0, 0.05) is 18.6 Å². The lowest BCUT2D eigenvalue weighted by Gasteiger charge is -2.27. The minimum absolute atomic E-state index is 0.397. The molecule has 2 rings (SSSR count). The summed E-state index contributed by atoms with van der Waals surface area (Å²) >= 11 is 3.56. The number of hydrogen-bond donors (Lipinski definition) is 1. The molecule has 1 saturated heterocycles. The van der Waals surface area contributed by atoms with Crippen molar-refractivity contribution < 1.29 is 9.47 Å². The van der Waals surface area contributed by atoms with Crippen molar-refractivity contribution in [3.8, 4) is 5.75 Å². The summed E-state index contributed by atoms with van der Waals surface area (Å²) in [6.07, 6.45) is 3.66. The normalized spacial score (nSPS) is 23.8. The monoisotopic (exact) mass is 341 g/mol. The zero-order valence-corrected chi connectivity index (χ0v) is 14.1. The molecule has 1 N–H and O–H groups in total. The van der Waals surface area contributed by atoms with Crippen LogP contribution in [-0.4, -0.2) is 32.9 Å². The van der Waals surface area contributed by atoms with E-state index in [4.69, 9.17) is 9.47 Å². The highest BCUT2D eigenvalue weighted by Gasteiger charge is 2.32. The second-order valence-electron chi connectivity index (χ2n) is 5.34. The van der Waals surface area contributed by atoms with E-state index in [-0.39, 0.29) is 0 Å². The molecule has 1 aliphatic heterocycles. The van der Waals surface area contributed by atoms with Crippen LogP contribution in [0.1, 0.15) is 25.3 Å². The SMILES string of the molecule is CCC1OCCC1C(Cc1ccc(OC)c(Br)c1)NC. The number of methoxy groups -OCH3 is 1. The highest BCUT2D eigenvalue weighted by molar-refractivity contribution is 9.10. The minimum Gasteiger partial charge on any atom is -0.496 e. The Labute approximate surface area is 130 Å². The molecule has 1 heterocycles. The maximum atomic E-state index is 5.83. The van der Waals surface area contributed by atoms with E-state index in [1.54, 1.807) is 7.11 Å². The van der Waals surface area contributed by atoms with Gasteiger partial charge in [-0.1, -0.05) is 13.0 Å². The summed E-state index contributed by atoms with van der Waals surface area (Å²) in [5.74, 6) is 1.48. The van der Waals surface area contributed by atoms with Crippen molar-refractivity contribution in [3.05, 3.63) is 28.2 Å². The molecule has 0 aromatic heterocycles. The summed E-state index contributed by atoms with van der Waals surface area (Å²) in [6, 6.07) is 6.78. The topological polar surface area (TPSA) is 30.5 Å². The Morgan fingerprint density at radius 2 is 2.30 bits per heavy atom. The van der Waals surface area contributed by atoms with Crippen molar-refractivity contribution in [2.24, 2.45) is 5.92 Å². The molecule has 0 bridgehead atoms. The van der Waals surface area contributed by atoms with Crippen molar-refractivity contribution >= 4 is 15.9 Å². The fraction of sp³-hybridized carbons (Fsp3) is 0.625. The van der Waals surface area contributed by atoms with Gasteiger partial charge in [0.25, 0.3) is 0 Å². The number of nitrogens with one attached hydrogen (secondary N) is 1. The van der Waals surface area contributed by atoms with E-state index >= 15 is 0 Å². The first-order valence-corrected chi connectivity index (χ1v) is 8.10. The number of hydrogen-bond acceptors (Lipinski definition) is 3. The van der Waals surface area contributed by atoms with Crippen LogP contribution in [0.25, 0.3) is 0 Å². The highest BCUT2D eigenvalue weighted by atomic mass is 79.9. The Balaban J connectivity index is 2.08. The number of ether oxygens (including phenoxy) is 2. The molecule has 1 aromatic carbocycles. The Bertz CT molecular complexity index is 438. The average Bonchev–Trinajstić information content (AvgIpc) is 2.93. The molecule has 0 aliphatic carbocycles. The van der Waals surface area contributed by atoms with Gasteiger partial charge in [-0.2, -0.15) is 0 Å². The lowest BCUT2D eigenvalue weighted by Crippen LogP contribution is -2.39. The van der Waals surface area contributed by atoms with Gasteiger partial charge in [-0.05, 0) is 59.9 Å². The fourth-order valence-corrected chi connectivity index (χ4v) is 3.69. The van der Waals surface area contributed by atoms with Crippen LogP contribution in [0.3, 0.4) is 0 Å². The van der Waals surface area contributed by atoms with Crippen LogP contribution in [0.5, 0.6) is 5.75 Å². The smallest absolute Gasteiger partial charge is 0.133 e. The molecule has 0 spiro atoms. The summed E-state index contributed by atoms with van der Waals surface area (Å²) in [4.78, 5) is 0. The molecule has 1 aromatic rings. The first-order chi connectivity index (χ1) is 9.69. The predicted octanol–water partition coefficient (Wildman–Crippen LogP) is 3.40. The summed E-state index contributed by atoms with van der Waals surface area (Å²) in [7, 11) is 3.74. The molecule has 1 fully saturated rings. The van der Waals surface area contributed by atoms with E-state index in [0.717, 1.165) is 36.1 Å². The molecule has 0 radical (unpaired) electrons. The van der Waals surface area contributed by atoms with Gasteiger partial charge in [-0.3, -0.25) is 0 Å². The van der Waals surface area contributed by atoms with E-state index in [9.17, 15) is 0 Å². The maximum Gasteiger partial charge on any atom is 0.133 e. The number of likely N-dealkylation sites (N-methyl/N-ethyl adjacent to an activating group) is 1. The molecule has 112 valence electrons. The Morgan fingerprint density at radius 3 is 2.90 bits per heavy atom. The van der Waals surface area contributed by atoms with Crippen molar-refractivity contribution in [1.82, 2.24) is 5.32 Å². The molecule has 1 aliphatic rings. The number of benzene rings is 1. The van der Waals surface area contributed by atoms with Gasteiger partial charge in [-0.25, -0.2) is 0 Å². The van der Waals surface area contributed by atoms with E-state index in [2.05, 4.69) is 40.3 Å². The van der Waals surface area contributed by atoms with E-state index in [1.807, 2.05) is 13.1 Å². The van der Waals surface area contributed by atoms with Crippen molar-refractivity contribution in [3.63, 3.8) is 0 Å². The summed E-state index contributed by atoms with van der Waals surface area (Å²) in [5.41, 5.74) is 1.32. The predicted molar refractivity (Wildman–Crippen MR) is 85.4 cm³/mol. The first-order valence-electron chi connectivity index (χ1n) is 7.30. The molecule has 0 saturated carbocycles. The van der Waals surface area contributed by atoms with Gasteiger partial charge < -0.3 is 14.8 Å².